The van der Waals surface area contributed by atoms with Crippen molar-refractivity contribution in [2.24, 2.45) is 0 Å². The molecule has 0 spiro atoms. The van der Waals surface area contributed by atoms with E-state index in [2.05, 4.69) is 130 Å². The van der Waals surface area contributed by atoms with Crippen LogP contribution in [0, 0.1) is 0 Å². The Morgan fingerprint density at radius 1 is 0.432 bits per heavy atom. The van der Waals surface area contributed by atoms with E-state index in [0.29, 0.717) is 19.3 Å². The van der Waals surface area contributed by atoms with E-state index >= 15 is 0 Å². The summed E-state index contributed by atoms with van der Waals surface area (Å²) >= 11 is 0. The number of hydrogen-bond acceptors (Lipinski definition) is 11. The largest absolute Gasteiger partial charge is 0.479 e. The number of rotatable bonds is 51. The van der Waals surface area contributed by atoms with E-state index in [-0.39, 0.29) is 25.9 Å². The lowest BCUT2D eigenvalue weighted by molar-refractivity contribution is -0.301. The van der Waals surface area contributed by atoms with Crippen LogP contribution in [-0.2, 0) is 42.9 Å². The first-order chi connectivity index (χ1) is 39.6. The summed E-state index contributed by atoms with van der Waals surface area (Å²) in [5.74, 6) is -3.33. The molecule has 6 unspecified atom stereocenters. The minimum absolute atomic E-state index is 0.133. The zero-order valence-electron chi connectivity index (χ0n) is 50.2. The molecule has 456 valence electrons. The Balaban J connectivity index is 2.74. The topological polar surface area (TPSA) is 175 Å². The molecule has 0 bridgehead atoms. The van der Waals surface area contributed by atoms with E-state index in [1.807, 2.05) is 12.2 Å². The number of unbranched alkanes of at least 4 members (excludes halogenated alkanes) is 16. The fourth-order valence-electron chi connectivity index (χ4n) is 8.52. The van der Waals surface area contributed by atoms with Crippen LogP contribution in [-0.4, -0.2) is 89.2 Å². The number of aliphatic hydroxyl groups excluding tert-OH is 2. The molecule has 1 aliphatic heterocycles. The first-order valence-electron chi connectivity index (χ1n) is 31.2. The average Bonchev–Trinajstić information content (AvgIpc) is 3.53. The van der Waals surface area contributed by atoms with Gasteiger partial charge in [-0.3, -0.25) is 14.4 Å². The Morgan fingerprint density at radius 2 is 0.815 bits per heavy atom. The van der Waals surface area contributed by atoms with Gasteiger partial charge in [-0.25, -0.2) is 4.79 Å². The average molecular weight is 1130 g/mol. The molecular weight excluding hydrogens is 1020 g/mol. The van der Waals surface area contributed by atoms with Crippen LogP contribution in [0.15, 0.2) is 134 Å². The van der Waals surface area contributed by atoms with Crippen molar-refractivity contribution in [2.45, 2.75) is 263 Å². The van der Waals surface area contributed by atoms with Gasteiger partial charge in [0.2, 0.25) is 0 Å². The Kier molecular flexibility index (Phi) is 50.5. The molecule has 81 heavy (non-hydrogen) atoms. The molecule has 6 atom stereocenters. The number of esters is 3. The van der Waals surface area contributed by atoms with Crippen LogP contribution in [0.5, 0.6) is 0 Å². The second-order valence-corrected chi connectivity index (χ2v) is 20.6. The van der Waals surface area contributed by atoms with Crippen LogP contribution in [0.2, 0.25) is 0 Å². The van der Waals surface area contributed by atoms with Crippen LogP contribution >= 0.6 is 0 Å². The van der Waals surface area contributed by atoms with Crippen molar-refractivity contribution in [3.63, 3.8) is 0 Å². The van der Waals surface area contributed by atoms with E-state index in [1.54, 1.807) is 12.2 Å². The van der Waals surface area contributed by atoms with Crippen molar-refractivity contribution in [1.29, 1.82) is 0 Å². The molecule has 0 aromatic rings. The van der Waals surface area contributed by atoms with E-state index in [0.717, 1.165) is 148 Å². The number of allylic oxidation sites excluding steroid dienone is 21. The Labute approximate surface area is 490 Å². The van der Waals surface area contributed by atoms with Gasteiger partial charge >= 0.3 is 23.9 Å². The van der Waals surface area contributed by atoms with Gasteiger partial charge in [-0.05, 0) is 116 Å². The van der Waals surface area contributed by atoms with E-state index in [9.17, 15) is 34.5 Å². The van der Waals surface area contributed by atoms with Gasteiger partial charge in [-0.1, -0.05) is 225 Å². The van der Waals surface area contributed by atoms with Crippen LogP contribution in [0.1, 0.15) is 226 Å². The molecule has 0 aromatic carbocycles. The third-order valence-corrected chi connectivity index (χ3v) is 13.2. The number of carbonyl (C=O) groups excluding carboxylic acids is 3. The third kappa shape index (κ3) is 45.1. The lowest BCUT2D eigenvalue weighted by Crippen LogP contribution is -2.61. The highest BCUT2D eigenvalue weighted by molar-refractivity contribution is 5.74. The summed E-state index contributed by atoms with van der Waals surface area (Å²) in [6, 6.07) is 0. The predicted octanol–water partition coefficient (Wildman–Crippen LogP) is 16.6. The molecule has 3 N–H and O–H groups in total. The summed E-state index contributed by atoms with van der Waals surface area (Å²) in [5, 5.41) is 31.5. The molecule has 12 heteroatoms. The third-order valence-electron chi connectivity index (χ3n) is 13.2. The van der Waals surface area contributed by atoms with Crippen LogP contribution < -0.4 is 0 Å². The number of carboxylic acids is 1. The molecule has 1 rings (SSSR count). The molecule has 0 aromatic heterocycles. The smallest absolute Gasteiger partial charge is 0.335 e. The highest BCUT2D eigenvalue weighted by atomic mass is 16.7. The van der Waals surface area contributed by atoms with Gasteiger partial charge in [-0.2, -0.15) is 0 Å². The van der Waals surface area contributed by atoms with Crippen LogP contribution in [0.3, 0.4) is 0 Å². The lowest BCUT2D eigenvalue weighted by Gasteiger charge is -2.40. The van der Waals surface area contributed by atoms with E-state index < -0.39 is 67.3 Å². The SMILES string of the molecule is CC/C=C\C/C=C\C/C=C\C/C=C\C/C=C\CC(=O)OC1C(OCC(COC(=O)CCCCCCCC/C=C\C/C=C\C/C=C\C/C=C\CC)OC(=O)CCCCCCCCC/C=C\C/C=C\CCCCC)OC(C(=O)O)C(O)C1O. The van der Waals surface area contributed by atoms with Crippen LogP contribution in [0.4, 0.5) is 0 Å². The van der Waals surface area contributed by atoms with Crippen molar-refractivity contribution in [2.75, 3.05) is 13.2 Å². The summed E-state index contributed by atoms with van der Waals surface area (Å²) in [4.78, 5) is 51.2. The fraction of sp³-hybridized carbons (Fsp3) is 0.623. The summed E-state index contributed by atoms with van der Waals surface area (Å²) in [7, 11) is 0. The lowest BCUT2D eigenvalue weighted by atomic mass is 9.98. The Morgan fingerprint density at radius 3 is 1.25 bits per heavy atom. The van der Waals surface area contributed by atoms with Gasteiger partial charge in [0.05, 0.1) is 13.0 Å². The quantitative estimate of drug-likeness (QED) is 0.0228. The van der Waals surface area contributed by atoms with Gasteiger partial charge in [0.1, 0.15) is 18.8 Å². The van der Waals surface area contributed by atoms with Crippen molar-refractivity contribution in [3.05, 3.63) is 134 Å². The zero-order valence-corrected chi connectivity index (χ0v) is 50.2. The number of aliphatic hydroxyl groups is 2. The molecule has 1 fully saturated rings. The molecule has 0 radical (unpaired) electrons. The van der Waals surface area contributed by atoms with Gasteiger partial charge < -0.3 is 39.0 Å². The molecule has 1 saturated heterocycles. The molecule has 0 saturated carbocycles. The monoisotopic (exact) mass is 1130 g/mol. The summed E-state index contributed by atoms with van der Waals surface area (Å²) in [6.45, 7) is 5.68. The minimum atomic E-state index is -1.95. The fourth-order valence-corrected chi connectivity index (χ4v) is 8.52. The Hall–Kier alpha value is -5.14. The first-order valence-corrected chi connectivity index (χ1v) is 31.2. The van der Waals surface area contributed by atoms with Crippen molar-refractivity contribution >= 4 is 23.9 Å². The van der Waals surface area contributed by atoms with Crippen molar-refractivity contribution < 1.29 is 58.2 Å². The number of aliphatic carboxylic acids is 1. The first kappa shape index (κ1) is 73.9. The predicted molar refractivity (Wildman–Crippen MR) is 330 cm³/mol. The molecule has 1 heterocycles. The molecule has 0 amide bonds. The number of hydrogen-bond donors (Lipinski definition) is 3. The van der Waals surface area contributed by atoms with Gasteiger partial charge in [0.25, 0.3) is 0 Å². The van der Waals surface area contributed by atoms with Gasteiger partial charge in [-0.15, -0.1) is 0 Å². The minimum Gasteiger partial charge on any atom is -0.479 e. The number of carbonyl (C=O) groups is 4. The van der Waals surface area contributed by atoms with Crippen molar-refractivity contribution in [3.8, 4) is 0 Å². The zero-order chi connectivity index (χ0) is 58.9. The summed E-state index contributed by atoms with van der Waals surface area (Å²) in [6.07, 6.45) is 65.8. The van der Waals surface area contributed by atoms with Gasteiger partial charge in [0.15, 0.2) is 24.6 Å². The standard InChI is InChI=1S/C69H108O12/c1-4-7-10-13-16-19-22-25-28-30-31-33-35-37-40-43-46-49-52-55-61(70)77-58-60(79-62(71)56-53-50-47-44-41-39-36-32-29-26-23-20-17-14-11-8-5-2)59-78-69-67(65(74)64(73)66(81-69)68(75)76)80-63(72)57-54-51-48-45-42-38-34-27-24-21-18-15-12-9-6-3/h7,9-10,12,16-21,25-29,31,33-34,42,45,51,54,60,64-67,69,73-74H,4-6,8,11,13-15,22-24,30,32,35-41,43-44,46-50,52-53,55-59H2,1-3H3,(H,75,76)/b10-7-,12-9-,19-16-,20-17-,21-18-,28-25-,29-26-,33-31-,34-27-,45-42-,54-51-. The summed E-state index contributed by atoms with van der Waals surface area (Å²) < 4.78 is 28.3. The molecule has 0 aliphatic carbocycles. The maximum absolute atomic E-state index is 13.2. The van der Waals surface area contributed by atoms with Gasteiger partial charge in [0, 0.05) is 12.8 Å². The second-order valence-electron chi connectivity index (χ2n) is 20.6. The van der Waals surface area contributed by atoms with E-state index in [1.165, 1.54) is 19.3 Å². The number of carboxylic acid groups (broad SMARTS) is 1. The maximum atomic E-state index is 13.2. The normalized spacial score (nSPS) is 18.7. The number of ether oxygens (including phenoxy) is 5. The highest BCUT2D eigenvalue weighted by Gasteiger charge is 2.50. The molecular formula is C69H108O12. The molecule has 1 aliphatic rings. The van der Waals surface area contributed by atoms with E-state index in [4.69, 9.17) is 23.7 Å². The van der Waals surface area contributed by atoms with Crippen molar-refractivity contribution in [1.82, 2.24) is 0 Å². The summed E-state index contributed by atoms with van der Waals surface area (Å²) in [5.41, 5.74) is 0. The molecule has 12 nitrogen and oxygen atoms in total. The Bertz CT molecular complexity index is 1920. The second kappa shape index (κ2) is 55.4. The van der Waals surface area contributed by atoms with Crippen LogP contribution in [0.25, 0.3) is 0 Å². The maximum Gasteiger partial charge on any atom is 0.335 e. The highest BCUT2D eigenvalue weighted by Crippen LogP contribution is 2.26.